The third kappa shape index (κ3) is 4.23. The summed E-state index contributed by atoms with van der Waals surface area (Å²) in [5.41, 5.74) is -1.13. The van der Waals surface area contributed by atoms with Gasteiger partial charge in [-0.15, -0.1) is 0 Å². The highest BCUT2D eigenvalue weighted by atomic mass is 19.4. The number of halogens is 3. The van der Waals surface area contributed by atoms with Crippen molar-refractivity contribution in [1.29, 1.82) is 0 Å². The summed E-state index contributed by atoms with van der Waals surface area (Å²) in [6, 6.07) is 14.6. The van der Waals surface area contributed by atoms with Crippen LogP contribution >= 0.6 is 0 Å². The number of aromatic nitrogens is 3. The topological polar surface area (TPSA) is 75.0 Å². The minimum atomic E-state index is -4.76. The minimum Gasteiger partial charge on any atom is -0.496 e. The Labute approximate surface area is 204 Å². The molecular weight excluding hydrogens is 475 g/mol. The summed E-state index contributed by atoms with van der Waals surface area (Å²) in [5.74, 6) is 0.0924. The highest BCUT2D eigenvalue weighted by Gasteiger charge is 2.38. The van der Waals surface area contributed by atoms with E-state index in [1.807, 2.05) is 19.9 Å². The van der Waals surface area contributed by atoms with E-state index in [9.17, 15) is 18.0 Å². The van der Waals surface area contributed by atoms with Crippen molar-refractivity contribution in [2.24, 2.45) is 0 Å². The molecule has 0 saturated heterocycles. The van der Waals surface area contributed by atoms with Gasteiger partial charge >= 0.3 is 12.1 Å². The first-order valence-electron chi connectivity index (χ1n) is 11.2. The maximum absolute atomic E-state index is 14.0. The Bertz CT molecular complexity index is 1460. The quantitative estimate of drug-likeness (QED) is 0.328. The molecule has 36 heavy (non-hydrogen) atoms. The number of hydrogen-bond acceptors (Lipinski definition) is 6. The van der Waals surface area contributed by atoms with Gasteiger partial charge in [0.15, 0.2) is 11.3 Å². The normalized spacial score (nSPS) is 16.8. The van der Waals surface area contributed by atoms with Crippen molar-refractivity contribution in [3.05, 3.63) is 77.6 Å². The molecule has 1 aliphatic heterocycles. The molecule has 4 aromatic rings. The van der Waals surface area contributed by atoms with Gasteiger partial charge in [-0.1, -0.05) is 30.3 Å². The maximum Gasteiger partial charge on any atom is 0.433 e. The predicted molar refractivity (Wildman–Crippen MR) is 124 cm³/mol. The van der Waals surface area contributed by atoms with Crippen molar-refractivity contribution in [3.8, 4) is 22.8 Å². The summed E-state index contributed by atoms with van der Waals surface area (Å²) >= 11 is 0. The summed E-state index contributed by atoms with van der Waals surface area (Å²) in [5, 5.41) is 3.83. The number of methoxy groups -OCH3 is 1. The highest BCUT2D eigenvalue weighted by molar-refractivity contribution is 5.96. The first kappa shape index (κ1) is 23.7. The van der Waals surface area contributed by atoms with Crippen LogP contribution < -0.4 is 9.47 Å². The average molecular weight is 497 g/mol. The molecule has 0 unspecified atom stereocenters. The van der Waals surface area contributed by atoms with Crippen LogP contribution in [0.3, 0.4) is 0 Å². The second-order valence-electron chi connectivity index (χ2n) is 9.02. The van der Waals surface area contributed by atoms with Crippen molar-refractivity contribution in [2.75, 3.05) is 7.11 Å². The number of rotatable bonds is 4. The van der Waals surface area contributed by atoms with Gasteiger partial charge < -0.3 is 14.2 Å². The van der Waals surface area contributed by atoms with Crippen LogP contribution in [0.15, 0.2) is 60.8 Å². The van der Waals surface area contributed by atoms with Crippen molar-refractivity contribution in [3.63, 3.8) is 0 Å². The number of para-hydroxylation sites is 2. The lowest BCUT2D eigenvalue weighted by molar-refractivity contribution is -0.142. The Morgan fingerprint density at radius 3 is 2.61 bits per heavy atom. The lowest BCUT2D eigenvalue weighted by atomic mass is 9.91. The number of hydrogen-bond donors (Lipinski definition) is 0. The molecule has 5 rings (SSSR count). The zero-order valence-corrected chi connectivity index (χ0v) is 19.7. The highest BCUT2D eigenvalue weighted by Crippen LogP contribution is 2.42. The van der Waals surface area contributed by atoms with E-state index < -0.39 is 29.5 Å². The Morgan fingerprint density at radius 1 is 1.14 bits per heavy atom. The van der Waals surface area contributed by atoms with Gasteiger partial charge in [0.1, 0.15) is 28.8 Å². The second-order valence-corrected chi connectivity index (χ2v) is 9.02. The summed E-state index contributed by atoms with van der Waals surface area (Å²) in [4.78, 5) is 17.6. The van der Waals surface area contributed by atoms with Crippen LogP contribution in [0.2, 0.25) is 0 Å². The van der Waals surface area contributed by atoms with Gasteiger partial charge in [0.2, 0.25) is 0 Å². The van der Waals surface area contributed by atoms with E-state index in [0.717, 1.165) is 12.3 Å². The minimum absolute atomic E-state index is 0.0145. The molecule has 0 amide bonds. The molecule has 0 aliphatic carbocycles. The third-order valence-corrected chi connectivity index (χ3v) is 5.94. The van der Waals surface area contributed by atoms with E-state index in [1.54, 1.807) is 42.5 Å². The van der Waals surface area contributed by atoms with Gasteiger partial charge in [0, 0.05) is 17.5 Å². The molecule has 7 nitrogen and oxygen atoms in total. The van der Waals surface area contributed by atoms with Crippen molar-refractivity contribution < 1.29 is 32.2 Å². The van der Waals surface area contributed by atoms with E-state index in [2.05, 4.69) is 10.1 Å². The number of nitrogens with zero attached hydrogens (tertiary/aromatic N) is 3. The molecule has 0 fully saturated rings. The van der Waals surface area contributed by atoms with Crippen molar-refractivity contribution in [2.45, 2.75) is 38.1 Å². The van der Waals surface area contributed by atoms with Gasteiger partial charge in [0.05, 0.1) is 19.0 Å². The van der Waals surface area contributed by atoms with Crippen molar-refractivity contribution in [1.82, 2.24) is 14.6 Å². The lowest BCUT2D eigenvalue weighted by Crippen LogP contribution is -2.36. The third-order valence-electron chi connectivity index (χ3n) is 5.94. The van der Waals surface area contributed by atoms with Gasteiger partial charge in [0.25, 0.3) is 0 Å². The fourth-order valence-electron chi connectivity index (χ4n) is 4.34. The number of carbonyl (C=O) groups is 1. The van der Waals surface area contributed by atoms with Crippen LogP contribution in [0, 0.1) is 0 Å². The molecule has 1 atom stereocenters. The number of carbonyl (C=O) groups excluding carboxylic acids is 1. The molecule has 0 saturated carbocycles. The lowest BCUT2D eigenvalue weighted by Gasteiger charge is -2.37. The van der Waals surface area contributed by atoms with Crippen LogP contribution in [0.5, 0.6) is 11.5 Å². The molecular formula is C26H22F3N3O4. The van der Waals surface area contributed by atoms with E-state index in [4.69, 9.17) is 14.2 Å². The fourth-order valence-corrected chi connectivity index (χ4v) is 4.34. The standard InChI is InChI=1S/C26H22F3N3O4/c1-25(2)13-21(16-9-5-7-11-20(16)36-25)35-24(33)17-14-30-32-22(26(27,28)29)12-18(31-23(17)32)15-8-4-6-10-19(15)34-3/h4-12,14,21H,13H2,1-3H3/t21-/m1/s1. The monoisotopic (exact) mass is 497 g/mol. The Kier molecular flexibility index (Phi) is 5.61. The number of esters is 1. The summed E-state index contributed by atoms with van der Waals surface area (Å²) in [6.45, 7) is 3.74. The molecule has 3 heterocycles. The average Bonchev–Trinajstić information content (AvgIpc) is 3.26. The Balaban J connectivity index is 1.60. The summed E-state index contributed by atoms with van der Waals surface area (Å²) in [6.07, 6.45) is -4.01. The summed E-state index contributed by atoms with van der Waals surface area (Å²) in [7, 11) is 1.41. The molecule has 186 valence electrons. The molecule has 0 spiro atoms. The van der Waals surface area contributed by atoms with Gasteiger partial charge in [-0.25, -0.2) is 14.3 Å². The molecule has 0 radical (unpaired) electrons. The maximum atomic E-state index is 14.0. The first-order chi connectivity index (χ1) is 17.1. The molecule has 1 aliphatic rings. The van der Waals surface area contributed by atoms with Crippen LogP contribution in [0.4, 0.5) is 13.2 Å². The summed E-state index contributed by atoms with van der Waals surface area (Å²) < 4.78 is 59.6. The van der Waals surface area contributed by atoms with E-state index in [-0.39, 0.29) is 16.9 Å². The van der Waals surface area contributed by atoms with Crippen LogP contribution in [-0.4, -0.2) is 33.3 Å². The van der Waals surface area contributed by atoms with Gasteiger partial charge in [-0.05, 0) is 38.1 Å². The Morgan fingerprint density at radius 2 is 1.86 bits per heavy atom. The molecule has 2 aromatic heterocycles. The number of benzene rings is 2. The van der Waals surface area contributed by atoms with Crippen LogP contribution in [-0.2, 0) is 10.9 Å². The van der Waals surface area contributed by atoms with Crippen molar-refractivity contribution >= 4 is 11.6 Å². The SMILES string of the molecule is COc1ccccc1-c1cc(C(F)(F)F)n2ncc(C(=O)O[C@@H]3CC(C)(C)Oc4ccccc43)c2n1. The molecule has 0 bridgehead atoms. The van der Waals surface area contributed by atoms with E-state index >= 15 is 0 Å². The zero-order chi connectivity index (χ0) is 25.7. The zero-order valence-electron chi connectivity index (χ0n) is 19.7. The fraction of sp³-hybridized carbons (Fsp3) is 0.269. The number of ether oxygens (including phenoxy) is 3. The number of fused-ring (bicyclic) bond motifs is 2. The number of alkyl halides is 3. The van der Waals surface area contributed by atoms with E-state index in [0.29, 0.717) is 33.6 Å². The Hall–Kier alpha value is -4.08. The molecule has 2 aromatic carbocycles. The van der Waals surface area contributed by atoms with Gasteiger partial charge in [-0.3, -0.25) is 0 Å². The first-order valence-corrected chi connectivity index (χ1v) is 11.2. The largest absolute Gasteiger partial charge is 0.496 e. The molecule has 10 heteroatoms. The molecule has 0 N–H and O–H groups in total. The van der Waals surface area contributed by atoms with Gasteiger partial charge in [-0.2, -0.15) is 18.3 Å². The second kappa shape index (κ2) is 8.54. The van der Waals surface area contributed by atoms with Crippen LogP contribution in [0.1, 0.15) is 48.0 Å². The predicted octanol–water partition coefficient (Wildman–Crippen LogP) is 5.88. The van der Waals surface area contributed by atoms with E-state index in [1.165, 1.54) is 7.11 Å². The van der Waals surface area contributed by atoms with Crippen LogP contribution in [0.25, 0.3) is 16.9 Å². The smallest absolute Gasteiger partial charge is 0.433 e.